The van der Waals surface area contributed by atoms with Gasteiger partial charge in [-0.1, -0.05) is 30.7 Å². The first kappa shape index (κ1) is 16.3. The summed E-state index contributed by atoms with van der Waals surface area (Å²) in [6.07, 6.45) is 0.559. The summed E-state index contributed by atoms with van der Waals surface area (Å²) in [7, 11) is 1.82. The van der Waals surface area contributed by atoms with E-state index in [-0.39, 0.29) is 5.82 Å². The lowest BCUT2D eigenvalue weighted by molar-refractivity contribution is 0.197. The van der Waals surface area contributed by atoms with Crippen LogP contribution in [0.2, 0.25) is 5.02 Å². The Labute approximate surface area is 133 Å². The number of hydrogen-bond donors (Lipinski definition) is 1. The molecule has 3 nitrogen and oxygen atoms in total. The molecule has 1 heterocycles. The van der Waals surface area contributed by atoms with E-state index >= 15 is 0 Å². The predicted octanol–water partition coefficient (Wildman–Crippen LogP) is 3.47. The van der Waals surface area contributed by atoms with Crippen molar-refractivity contribution in [2.24, 2.45) is 7.05 Å². The van der Waals surface area contributed by atoms with E-state index < -0.39 is 6.10 Å². The van der Waals surface area contributed by atoms with Crippen molar-refractivity contribution in [1.29, 1.82) is 0 Å². The van der Waals surface area contributed by atoms with E-state index in [0.29, 0.717) is 22.1 Å². The summed E-state index contributed by atoms with van der Waals surface area (Å²) in [5.41, 5.74) is 1.65. The van der Waals surface area contributed by atoms with Gasteiger partial charge >= 0.3 is 0 Å². The highest BCUT2D eigenvalue weighted by Crippen LogP contribution is 2.25. The van der Waals surface area contributed by atoms with Gasteiger partial charge in [0.2, 0.25) is 0 Å². The second-order valence-electron chi connectivity index (χ2n) is 4.78. The number of aryl methyl sites for hydroxylation is 2. The zero-order valence-electron chi connectivity index (χ0n) is 12.0. The van der Waals surface area contributed by atoms with Gasteiger partial charge in [-0.3, -0.25) is 4.68 Å². The number of aromatic nitrogens is 2. The van der Waals surface area contributed by atoms with Crippen molar-refractivity contribution in [3.05, 3.63) is 46.5 Å². The summed E-state index contributed by atoms with van der Waals surface area (Å²) < 4.78 is 15.2. The molecule has 1 aromatic carbocycles. The number of aliphatic hydroxyl groups is 1. The van der Waals surface area contributed by atoms with Gasteiger partial charge in [0.15, 0.2) is 0 Å². The van der Waals surface area contributed by atoms with E-state index in [2.05, 4.69) is 5.10 Å². The van der Waals surface area contributed by atoms with E-state index in [9.17, 15) is 9.50 Å². The monoisotopic (exact) mass is 328 g/mol. The first-order valence-electron chi connectivity index (χ1n) is 6.78. The average molecular weight is 329 g/mol. The van der Waals surface area contributed by atoms with Crippen molar-refractivity contribution in [3.63, 3.8) is 0 Å². The van der Waals surface area contributed by atoms with Gasteiger partial charge in [0.05, 0.1) is 22.5 Å². The molecule has 0 saturated heterocycles. The molecular weight excluding hydrogens is 311 g/mol. The van der Waals surface area contributed by atoms with Gasteiger partial charge in [-0.2, -0.15) is 5.10 Å². The summed E-state index contributed by atoms with van der Waals surface area (Å²) in [6, 6.07) is 6.56. The van der Waals surface area contributed by atoms with E-state index in [1.807, 2.05) is 14.0 Å². The van der Waals surface area contributed by atoms with Crippen LogP contribution >= 0.6 is 23.4 Å². The van der Waals surface area contributed by atoms with E-state index in [1.165, 1.54) is 17.8 Å². The number of benzene rings is 1. The Morgan fingerprint density at radius 2 is 2.14 bits per heavy atom. The van der Waals surface area contributed by atoms with Gasteiger partial charge in [0.25, 0.3) is 0 Å². The maximum absolute atomic E-state index is 13.5. The minimum atomic E-state index is -0.604. The molecule has 2 rings (SSSR count). The average Bonchev–Trinajstić information content (AvgIpc) is 2.74. The standard InChI is InChI=1S/C15H18ClFN2OS/c1-3-12-15(16)13(19(2)18-12)8-10(20)9-21-14-7-5-4-6-11(14)17/h4-7,10,20H,3,8-9H2,1-2H3. The minimum absolute atomic E-state index is 0.262. The summed E-state index contributed by atoms with van der Waals surface area (Å²) in [4.78, 5) is 0.543. The highest BCUT2D eigenvalue weighted by atomic mass is 35.5. The topological polar surface area (TPSA) is 38.0 Å². The lowest BCUT2D eigenvalue weighted by atomic mass is 10.2. The Hall–Kier alpha value is -1.04. The van der Waals surface area contributed by atoms with Gasteiger partial charge in [-0.25, -0.2) is 4.39 Å². The summed E-state index contributed by atoms with van der Waals surface area (Å²) in [5, 5.41) is 15.1. The summed E-state index contributed by atoms with van der Waals surface area (Å²) in [6.45, 7) is 1.99. The molecule has 0 fully saturated rings. The zero-order valence-corrected chi connectivity index (χ0v) is 13.6. The number of rotatable bonds is 6. The highest BCUT2D eigenvalue weighted by Gasteiger charge is 2.17. The van der Waals surface area contributed by atoms with Crippen LogP contribution in [0.1, 0.15) is 18.3 Å². The number of nitrogens with zero attached hydrogens (tertiary/aromatic N) is 2. The second kappa shape index (κ2) is 7.29. The van der Waals surface area contributed by atoms with Crippen LogP contribution in [0.3, 0.4) is 0 Å². The van der Waals surface area contributed by atoms with E-state index in [1.54, 1.807) is 22.9 Å². The molecule has 0 saturated carbocycles. The lowest BCUT2D eigenvalue weighted by Crippen LogP contribution is -2.16. The Morgan fingerprint density at radius 3 is 2.76 bits per heavy atom. The molecule has 6 heteroatoms. The number of halogens is 2. The quantitative estimate of drug-likeness (QED) is 0.825. The van der Waals surface area contributed by atoms with Crippen LogP contribution < -0.4 is 0 Å². The summed E-state index contributed by atoms with van der Waals surface area (Å²) >= 11 is 7.56. The second-order valence-corrected chi connectivity index (χ2v) is 6.22. The van der Waals surface area contributed by atoms with Crippen molar-refractivity contribution in [3.8, 4) is 0 Å². The third-order valence-electron chi connectivity index (χ3n) is 3.20. The number of thioether (sulfide) groups is 1. The van der Waals surface area contributed by atoms with E-state index in [4.69, 9.17) is 11.6 Å². The number of aliphatic hydroxyl groups excluding tert-OH is 1. The van der Waals surface area contributed by atoms with Crippen LogP contribution in [0, 0.1) is 5.82 Å². The van der Waals surface area contributed by atoms with Crippen LogP contribution in [-0.2, 0) is 19.9 Å². The number of hydrogen-bond acceptors (Lipinski definition) is 3. The third kappa shape index (κ3) is 3.99. The fourth-order valence-electron chi connectivity index (χ4n) is 2.07. The fourth-order valence-corrected chi connectivity index (χ4v) is 3.31. The van der Waals surface area contributed by atoms with Crippen molar-refractivity contribution in [2.45, 2.75) is 30.8 Å². The molecule has 0 aliphatic rings. The molecule has 1 atom stereocenters. The molecule has 0 spiro atoms. The molecule has 0 bridgehead atoms. The highest BCUT2D eigenvalue weighted by molar-refractivity contribution is 7.99. The molecule has 0 aliphatic carbocycles. The van der Waals surface area contributed by atoms with Gasteiger partial charge in [-0.15, -0.1) is 11.8 Å². The summed E-state index contributed by atoms with van der Waals surface area (Å²) in [5.74, 6) is 0.144. The van der Waals surface area contributed by atoms with E-state index in [0.717, 1.165) is 17.8 Å². The fraction of sp³-hybridized carbons (Fsp3) is 0.400. The van der Waals surface area contributed by atoms with Crippen LogP contribution in [0.4, 0.5) is 4.39 Å². The Bertz CT molecular complexity index is 618. The Morgan fingerprint density at radius 1 is 1.43 bits per heavy atom. The molecule has 1 unspecified atom stereocenters. The van der Waals surface area contributed by atoms with Crippen molar-refractivity contribution in [2.75, 3.05) is 5.75 Å². The van der Waals surface area contributed by atoms with Crippen molar-refractivity contribution in [1.82, 2.24) is 9.78 Å². The maximum atomic E-state index is 13.5. The first-order chi connectivity index (χ1) is 10.0. The Balaban J connectivity index is 1.98. The lowest BCUT2D eigenvalue weighted by Gasteiger charge is -2.11. The smallest absolute Gasteiger partial charge is 0.136 e. The first-order valence-corrected chi connectivity index (χ1v) is 8.15. The Kier molecular flexibility index (Phi) is 5.67. The third-order valence-corrected chi connectivity index (χ3v) is 4.83. The van der Waals surface area contributed by atoms with Crippen LogP contribution in [0.15, 0.2) is 29.2 Å². The van der Waals surface area contributed by atoms with Crippen molar-refractivity contribution < 1.29 is 9.50 Å². The largest absolute Gasteiger partial charge is 0.392 e. The minimum Gasteiger partial charge on any atom is -0.392 e. The van der Waals surface area contributed by atoms with Gasteiger partial charge < -0.3 is 5.11 Å². The van der Waals surface area contributed by atoms with Gasteiger partial charge in [0.1, 0.15) is 5.82 Å². The normalized spacial score (nSPS) is 12.6. The predicted molar refractivity (Wildman–Crippen MR) is 84.4 cm³/mol. The van der Waals surface area contributed by atoms with Crippen molar-refractivity contribution >= 4 is 23.4 Å². The molecule has 1 N–H and O–H groups in total. The van der Waals surface area contributed by atoms with Crippen LogP contribution in [-0.4, -0.2) is 26.7 Å². The molecule has 21 heavy (non-hydrogen) atoms. The molecular formula is C15H18ClFN2OS. The van der Waals surface area contributed by atoms with Gasteiger partial charge in [0, 0.05) is 24.1 Å². The zero-order chi connectivity index (χ0) is 15.4. The molecule has 0 radical (unpaired) electrons. The maximum Gasteiger partial charge on any atom is 0.136 e. The molecule has 2 aromatic rings. The van der Waals surface area contributed by atoms with Crippen LogP contribution in [0.5, 0.6) is 0 Å². The van der Waals surface area contributed by atoms with Crippen LogP contribution in [0.25, 0.3) is 0 Å². The molecule has 114 valence electrons. The molecule has 0 amide bonds. The molecule has 1 aromatic heterocycles. The SMILES string of the molecule is CCc1nn(C)c(CC(O)CSc2ccccc2F)c1Cl. The molecule has 0 aliphatic heterocycles. The van der Waals surface area contributed by atoms with Gasteiger partial charge in [-0.05, 0) is 18.6 Å².